The molecule has 0 unspecified atom stereocenters. The van der Waals surface area contributed by atoms with E-state index in [0.29, 0.717) is 11.8 Å². The van der Waals surface area contributed by atoms with E-state index in [0.717, 1.165) is 32.4 Å². The van der Waals surface area contributed by atoms with E-state index < -0.39 is 0 Å². The van der Waals surface area contributed by atoms with Crippen LogP contribution < -0.4 is 4.74 Å². The van der Waals surface area contributed by atoms with E-state index in [-0.39, 0.29) is 11.8 Å². The monoisotopic (exact) mass is 282 g/mol. The average Bonchev–Trinajstić information content (AvgIpc) is 2.48. The average molecular weight is 283 g/mol. The number of halogens is 1. The third kappa shape index (κ3) is 3.83. The van der Waals surface area contributed by atoms with Gasteiger partial charge >= 0.3 is 0 Å². The van der Waals surface area contributed by atoms with E-state index in [1.165, 1.54) is 5.56 Å². The van der Waals surface area contributed by atoms with Crippen LogP contribution in [0.1, 0.15) is 18.4 Å². The lowest BCUT2D eigenvalue weighted by Crippen LogP contribution is -2.39. The van der Waals surface area contributed by atoms with Crippen molar-refractivity contribution in [3.8, 4) is 5.88 Å². The van der Waals surface area contributed by atoms with Gasteiger partial charge in [0.05, 0.1) is 7.11 Å². The first-order valence-electron chi connectivity index (χ1n) is 6.55. The Balaban J connectivity index is 1.83. The van der Waals surface area contributed by atoms with Crippen LogP contribution in [-0.4, -0.2) is 41.9 Å². The zero-order valence-electron chi connectivity index (χ0n) is 11.1. The number of piperidine rings is 1. The number of amides is 1. The van der Waals surface area contributed by atoms with Crippen molar-refractivity contribution in [1.29, 1.82) is 0 Å². The molecule has 1 aromatic heterocycles. The zero-order valence-corrected chi connectivity index (χ0v) is 11.9. The van der Waals surface area contributed by atoms with Crippen LogP contribution in [0.5, 0.6) is 5.88 Å². The van der Waals surface area contributed by atoms with Gasteiger partial charge in [-0.2, -0.15) is 0 Å². The van der Waals surface area contributed by atoms with Gasteiger partial charge in [0.15, 0.2) is 0 Å². The first kappa shape index (κ1) is 14.1. The van der Waals surface area contributed by atoms with Crippen molar-refractivity contribution in [2.45, 2.75) is 19.3 Å². The zero-order chi connectivity index (χ0) is 13.7. The molecule has 0 bridgehead atoms. The Morgan fingerprint density at radius 1 is 1.47 bits per heavy atom. The topological polar surface area (TPSA) is 42.4 Å². The molecule has 5 heteroatoms. The van der Waals surface area contributed by atoms with Crippen LogP contribution in [0.25, 0.3) is 0 Å². The van der Waals surface area contributed by atoms with Crippen LogP contribution in [0.2, 0.25) is 0 Å². The summed E-state index contributed by atoms with van der Waals surface area (Å²) in [6.45, 7) is 1.64. The summed E-state index contributed by atoms with van der Waals surface area (Å²) < 4.78 is 5.04. The van der Waals surface area contributed by atoms with E-state index in [4.69, 9.17) is 16.3 Å². The van der Waals surface area contributed by atoms with Gasteiger partial charge in [-0.05, 0) is 30.7 Å². The summed E-state index contributed by atoms with van der Waals surface area (Å²) >= 11 is 5.57. The Kier molecular flexibility index (Phi) is 5.02. The summed E-state index contributed by atoms with van der Waals surface area (Å²) in [5, 5.41) is 0. The Morgan fingerprint density at radius 2 is 2.21 bits per heavy atom. The number of ether oxygens (including phenoxy) is 1. The van der Waals surface area contributed by atoms with Gasteiger partial charge in [-0.3, -0.25) is 4.79 Å². The van der Waals surface area contributed by atoms with Crippen molar-refractivity contribution >= 4 is 17.5 Å². The van der Waals surface area contributed by atoms with E-state index in [1.807, 2.05) is 17.2 Å². The summed E-state index contributed by atoms with van der Waals surface area (Å²) in [7, 11) is 1.62. The number of carbonyl (C=O) groups is 1. The molecule has 1 aliphatic heterocycles. The molecule has 0 spiro atoms. The summed E-state index contributed by atoms with van der Waals surface area (Å²) in [5.41, 5.74) is 1.22. The third-order valence-electron chi connectivity index (χ3n) is 3.61. The van der Waals surface area contributed by atoms with Crippen LogP contribution in [0.3, 0.4) is 0 Å². The number of carbonyl (C=O) groups excluding carboxylic acids is 1. The number of hydrogen-bond donors (Lipinski definition) is 0. The van der Waals surface area contributed by atoms with E-state index in [2.05, 4.69) is 11.1 Å². The third-order valence-corrected chi connectivity index (χ3v) is 3.84. The molecule has 2 heterocycles. The van der Waals surface area contributed by atoms with Gasteiger partial charge in [0, 0.05) is 25.4 Å². The number of hydrogen-bond acceptors (Lipinski definition) is 3. The highest BCUT2D eigenvalue weighted by Gasteiger charge is 2.22. The fourth-order valence-electron chi connectivity index (χ4n) is 2.46. The van der Waals surface area contributed by atoms with E-state index in [9.17, 15) is 4.79 Å². The van der Waals surface area contributed by atoms with Crippen molar-refractivity contribution in [2.75, 3.05) is 26.1 Å². The maximum Gasteiger partial charge on any atom is 0.237 e. The van der Waals surface area contributed by atoms with Gasteiger partial charge in [-0.25, -0.2) is 4.98 Å². The second-order valence-corrected chi connectivity index (χ2v) is 5.14. The lowest BCUT2D eigenvalue weighted by Gasteiger charge is -2.31. The van der Waals surface area contributed by atoms with Gasteiger partial charge in [-0.15, -0.1) is 11.6 Å². The lowest BCUT2D eigenvalue weighted by atomic mass is 9.91. The normalized spacial score (nSPS) is 16.4. The number of likely N-dealkylation sites (tertiary alicyclic amines) is 1. The van der Waals surface area contributed by atoms with Crippen LogP contribution >= 0.6 is 11.6 Å². The highest BCUT2D eigenvalue weighted by Crippen LogP contribution is 2.22. The van der Waals surface area contributed by atoms with Crippen molar-refractivity contribution in [2.24, 2.45) is 5.92 Å². The molecule has 104 valence electrons. The number of methoxy groups -OCH3 is 1. The predicted octanol–water partition coefficient (Wildman–Crippen LogP) is 2.11. The molecule has 2 rings (SSSR count). The van der Waals surface area contributed by atoms with Crippen molar-refractivity contribution in [3.05, 3.63) is 23.9 Å². The van der Waals surface area contributed by atoms with Gasteiger partial charge < -0.3 is 9.64 Å². The molecule has 0 atom stereocenters. The second-order valence-electron chi connectivity index (χ2n) is 4.87. The predicted molar refractivity (Wildman–Crippen MR) is 74.5 cm³/mol. The smallest absolute Gasteiger partial charge is 0.237 e. The van der Waals surface area contributed by atoms with Crippen LogP contribution in [0, 0.1) is 5.92 Å². The van der Waals surface area contributed by atoms with Gasteiger partial charge in [-0.1, -0.05) is 6.07 Å². The minimum Gasteiger partial charge on any atom is -0.481 e. The second kappa shape index (κ2) is 6.75. The van der Waals surface area contributed by atoms with Crippen LogP contribution in [-0.2, 0) is 11.2 Å². The molecular weight excluding hydrogens is 264 g/mol. The minimum absolute atomic E-state index is 0.0474. The molecule has 1 amide bonds. The van der Waals surface area contributed by atoms with E-state index in [1.54, 1.807) is 7.11 Å². The lowest BCUT2D eigenvalue weighted by molar-refractivity contribution is -0.129. The fourth-order valence-corrected chi connectivity index (χ4v) is 2.63. The first-order valence-corrected chi connectivity index (χ1v) is 7.09. The molecule has 1 aromatic rings. The summed E-state index contributed by atoms with van der Waals surface area (Å²) in [6.07, 6.45) is 4.96. The van der Waals surface area contributed by atoms with Gasteiger partial charge in [0.1, 0.15) is 5.88 Å². The maximum absolute atomic E-state index is 11.5. The van der Waals surface area contributed by atoms with E-state index >= 15 is 0 Å². The first-order chi connectivity index (χ1) is 9.22. The highest BCUT2D eigenvalue weighted by molar-refractivity contribution is 6.27. The number of alkyl halides is 1. The molecule has 0 aliphatic carbocycles. The molecule has 0 radical (unpaired) electrons. The van der Waals surface area contributed by atoms with Crippen molar-refractivity contribution in [1.82, 2.24) is 9.88 Å². The minimum atomic E-state index is 0.0474. The largest absolute Gasteiger partial charge is 0.481 e. The van der Waals surface area contributed by atoms with Gasteiger partial charge in [0.2, 0.25) is 11.8 Å². The van der Waals surface area contributed by atoms with Crippen LogP contribution in [0.4, 0.5) is 0 Å². The Labute approximate surface area is 118 Å². The Morgan fingerprint density at radius 3 is 2.74 bits per heavy atom. The van der Waals surface area contributed by atoms with Crippen molar-refractivity contribution in [3.63, 3.8) is 0 Å². The van der Waals surface area contributed by atoms with Crippen molar-refractivity contribution < 1.29 is 9.53 Å². The molecule has 4 nitrogen and oxygen atoms in total. The Bertz CT molecular complexity index is 414. The fraction of sp³-hybridized carbons (Fsp3) is 0.571. The molecule has 1 saturated heterocycles. The molecule has 0 aromatic carbocycles. The summed E-state index contributed by atoms with van der Waals surface area (Å²) in [6, 6.07) is 3.95. The summed E-state index contributed by atoms with van der Waals surface area (Å²) in [4.78, 5) is 17.5. The molecule has 0 saturated carbocycles. The maximum atomic E-state index is 11.5. The molecule has 1 aliphatic rings. The molecule has 19 heavy (non-hydrogen) atoms. The highest BCUT2D eigenvalue weighted by atomic mass is 35.5. The molecule has 1 fully saturated rings. The number of pyridine rings is 1. The number of rotatable bonds is 4. The standard InChI is InChI=1S/C14H19ClN2O2/c1-19-13-3-2-12(10-16-13)8-11-4-6-17(7-5-11)14(18)9-15/h2-3,10-11H,4-9H2,1H3. The molecular formula is C14H19ClN2O2. The molecule has 0 N–H and O–H groups in total. The van der Waals surface area contributed by atoms with Crippen LogP contribution in [0.15, 0.2) is 18.3 Å². The number of nitrogens with zero attached hydrogens (tertiary/aromatic N) is 2. The summed E-state index contributed by atoms with van der Waals surface area (Å²) in [5.74, 6) is 1.40. The quantitative estimate of drug-likeness (QED) is 0.795. The number of aromatic nitrogens is 1. The van der Waals surface area contributed by atoms with Gasteiger partial charge in [0.25, 0.3) is 0 Å². The SMILES string of the molecule is COc1ccc(CC2CCN(C(=O)CCl)CC2)cn1. The Hall–Kier alpha value is -1.29.